The molecule has 14 heavy (non-hydrogen) atoms. The molecule has 0 aliphatic carbocycles. The van der Waals surface area contributed by atoms with E-state index in [0.717, 1.165) is 0 Å². The van der Waals surface area contributed by atoms with E-state index in [9.17, 15) is 13.2 Å². The van der Waals surface area contributed by atoms with E-state index in [2.05, 4.69) is 14.7 Å². The minimum Gasteiger partial charge on any atom is -0.339 e. The lowest BCUT2D eigenvalue weighted by molar-refractivity contribution is -0.128. The molecule has 4 nitrogen and oxygen atoms in total. The lowest BCUT2D eigenvalue weighted by atomic mass is 10.3. The molecule has 1 aromatic rings. The van der Waals surface area contributed by atoms with Gasteiger partial charge in [0.1, 0.15) is 6.42 Å². The monoisotopic (exact) mass is 205 g/mol. The summed E-state index contributed by atoms with van der Waals surface area (Å²) in [7, 11) is 0. The van der Waals surface area contributed by atoms with Crippen molar-refractivity contribution in [2.24, 2.45) is 0 Å². The number of halogens is 3. The Balaban J connectivity index is 2.56. The lowest BCUT2D eigenvalue weighted by Gasteiger charge is -1.99. The Hall–Kier alpha value is -1.58. The van der Waals surface area contributed by atoms with Crippen LogP contribution in [-0.4, -0.2) is 16.3 Å². The summed E-state index contributed by atoms with van der Waals surface area (Å²) in [6, 6.07) is 1.82. The number of alkyl halides is 3. The molecule has 0 aliphatic rings. The zero-order valence-corrected chi connectivity index (χ0v) is 7.01. The molecule has 0 aromatic carbocycles. The van der Waals surface area contributed by atoms with Crippen LogP contribution in [-0.2, 0) is 12.8 Å². The second-order valence-electron chi connectivity index (χ2n) is 2.55. The molecule has 0 atom stereocenters. The molecule has 0 aliphatic heterocycles. The average Bonchev–Trinajstić information content (AvgIpc) is 2.46. The lowest BCUT2D eigenvalue weighted by Crippen LogP contribution is -2.12. The second kappa shape index (κ2) is 4.09. The summed E-state index contributed by atoms with van der Waals surface area (Å²) < 4.78 is 40.0. The molecule has 0 saturated heterocycles. The van der Waals surface area contributed by atoms with E-state index in [1.165, 1.54) is 0 Å². The van der Waals surface area contributed by atoms with Gasteiger partial charge in [0.15, 0.2) is 5.82 Å². The van der Waals surface area contributed by atoms with Crippen molar-refractivity contribution in [3.63, 3.8) is 0 Å². The molecule has 0 amide bonds. The van der Waals surface area contributed by atoms with E-state index in [1.807, 2.05) is 6.07 Å². The molecule has 0 spiro atoms. The van der Waals surface area contributed by atoms with Crippen molar-refractivity contribution in [1.29, 1.82) is 5.26 Å². The Bertz CT molecular complexity index is 339. The van der Waals surface area contributed by atoms with E-state index in [1.54, 1.807) is 0 Å². The van der Waals surface area contributed by atoms with Crippen molar-refractivity contribution in [2.45, 2.75) is 25.4 Å². The normalized spacial score (nSPS) is 11.3. The van der Waals surface area contributed by atoms with Crippen LogP contribution in [0.15, 0.2) is 4.52 Å². The van der Waals surface area contributed by atoms with Gasteiger partial charge < -0.3 is 4.52 Å². The first-order valence-electron chi connectivity index (χ1n) is 3.76. The molecule has 1 rings (SSSR count). The molecule has 1 heterocycles. The third-order valence-corrected chi connectivity index (χ3v) is 1.32. The molecule has 0 N–H and O–H groups in total. The molecule has 0 bridgehead atoms. The number of nitrogens with zero attached hydrogens (tertiary/aromatic N) is 3. The van der Waals surface area contributed by atoms with Gasteiger partial charge in [-0.15, -0.1) is 0 Å². The highest BCUT2D eigenvalue weighted by atomic mass is 19.4. The molecule has 1 aromatic heterocycles. The highest BCUT2D eigenvalue weighted by Gasteiger charge is 2.30. The maximum absolute atomic E-state index is 11.8. The van der Waals surface area contributed by atoms with Gasteiger partial charge in [0.05, 0.1) is 6.07 Å². The van der Waals surface area contributed by atoms with Crippen molar-refractivity contribution in [3.8, 4) is 6.07 Å². The van der Waals surface area contributed by atoms with Gasteiger partial charge in [0.2, 0.25) is 5.89 Å². The molecular weight excluding hydrogens is 199 g/mol. The maximum atomic E-state index is 11.8. The molecule has 0 fully saturated rings. The van der Waals surface area contributed by atoms with Gasteiger partial charge in [-0.3, -0.25) is 0 Å². The van der Waals surface area contributed by atoms with E-state index < -0.39 is 18.4 Å². The van der Waals surface area contributed by atoms with Gasteiger partial charge in [0.25, 0.3) is 0 Å². The first-order chi connectivity index (χ1) is 6.51. The first kappa shape index (κ1) is 10.5. The van der Waals surface area contributed by atoms with E-state index in [-0.39, 0.29) is 18.7 Å². The van der Waals surface area contributed by atoms with Crippen LogP contribution in [0.5, 0.6) is 0 Å². The van der Waals surface area contributed by atoms with Crippen LogP contribution >= 0.6 is 0 Å². The number of aryl methyl sites for hydroxylation is 1. The van der Waals surface area contributed by atoms with Gasteiger partial charge in [-0.1, -0.05) is 5.16 Å². The molecule has 0 radical (unpaired) electrons. The quantitative estimate of drug-likeness (QED) is 0.752. The van der Waals surface area contributed by atoms with Crippen LogP contribution in [0, 0.1) is 11.3 Å². The predicted molar refractivity (Wildman–Crippen MR) is 38.0 cm³/mol. The number of hydrogen-bond donors (Lipinski definition) is 0. The highest BCUT2D eigenvalue weighted by molar-refractivity contribution is 4.90. The van der Waals surface area contributed by atoms with Gasteiger partial charge in [0, 0.05) is 12.8 Å². The SMILES string of the molecule is N#CCCc1nc(CC(F)(F)F)no1. The number of rotatable bonds is 3. The van der Waals surface area contributed by atoms with Crippen molar-refractivity contribution in [1.82, 2.24) is 10.1 Å². The van der Waals surface area contributed by atoms with Crippen LogP contribution in [0.25, 0.3) is 0 Å². The van der Waals surface area contributed by atoms with E-state index in [4.69, 9.17) is 5.26 Å². The van der Waals surface area contributed by atoms with Crippen LogP contribution in [0.1, 0.15) is 18.1 Å². The van der Waals surface area contributed by atoms with Crippen molar-refractivity contribution in [2.75, 3.05) is 0 Å². The van der Waals surface area contributed by atoms with Gasteiger partial charge >= 0.3 is 6.18 Å². The smallest absolute Gasteiger partial charge is 0.339 e. The Labute approximate surface area is 77.3 Å². The van der Waals surface area contributed by atoms with Crippen LogP contribution in [0.2, 0.25) is 0 Å². The summed E-state index contributed by atoms with van der Waals surface area (Å²) in [6.07, 6.45) is -5.21. The predicted octanol–water partition coefficient (Wildman–Crippen LogP) is 1.63. The van der Waals surface area contributed by atoms with Gasteiger partial charge in [-0.25, -0.2) is 0 Å². The Morgan fingerprint density at radius 3 is 2.71 bits per heavy atom. The van der Waals surface area contributed by atoms with Crippen molar-refractivity contribution < 1.29 is 17.7 Å². The fraction of sp³-hybridized carbons (Fsp3) is 0.571. The van der Waals surface area contributed by atoms with Crippen LogP contribution in [0.4, 0.5) is 13.2 Å². The summed E-state index contributed by atoms with van der Waals surface area (Å²) in [5.41, 5.74) is 0. The van der Waals surface area contributed by atoms with Gasteiger partial charge in [-0.2, -0.15) is 23.4 Å². The van der Waals surface area contributed by atoms with E-state index in [0.29, 0.717) is 0 Å². The average molecular weight is 205 g/mol. The zero-order valence-electron chi connectivity index (χ0n) is 7.01. The van der Waals surface area contributed by atoms with Crippen molar-refractivity contribution in [3.05, 3.63) is 11.7 Å². The maximum Gasteiger partial charge on any atom is 0.396 e. The summed E-state index contributed by atoms with van der Waals surface area (Å²) in [4.78, 5) is 3.48. The number of hydrogen-bond acceptors (Lipinski definition) is 4. The Morgan fingerprint density at radius 1 is 1.43 bits per heavy atom. The molecule has 76 valence electrons. The minimum atomic E-state index is -4.34. The molecular formula is C7H6F3N3O. The minimum absolute atomic E-state index is 0.0609. The zero-order chi connectivity index (χ0) is 10.6. The van der Waals surface area contributed by atoms with Crippen LogP contribution in [0.3, 0.4) is 0 Å². The fourth-order valence-corrected chi connectivity index (χ4v) is 0.806. The van der Waals surface area contributed by atoms with Crippen molar-refractivity contribution >= 4 is 0 Å². The first-order valence-corrected chi connectivity index (χ1v) is 3.76. The second-order valence-corrected chi connectivity index (χ2v) is 2.55. The highest BCUT2D eigenvalue weighted by Crippen LogP contribution is 2.19. The summed E-state index contributed by atoms with van der Waals surface area (Å²) in [6.45, 7) is 0. The Morgan fingerprint density at radius 2 is 2.14 bits per heavy atom. The third kappa shape index (κ3) is 3.43. The van der Waals surface area contributed by atoms with Crippen LogP contribution < -0.4 is 0 Å². The third-order valence-electron chi connectivity index (χ3n) is 1.32. The summed E-state index contributed by atoms with van der Waals surface area (Å²) in [5, 5.41) is 11.3. The fourth-order valence-electron chi connectivity index (χ4n) is 0.806. The standard InChI is InChI=1S/C7H6F3N3O/c8-7(9,10)4-5-12-6(14-13-5)2-1-3-11/h1-2,4H2. The Kier molecular flexibility index (Phi) is 3.06. The number of nitriles is 1. The molecule has 7 heteroatoms. The van der Waals surface area contributed by atoms with Gasteiger partial charge in [-0.05, 0) is 0 Å². The van der Waals surface area contributed by atoms with E-state index >= 15 is 0 Å². The summed E-state index contributed by atoms with van der Waals surface area (Å²) >= 11 is 0. The largest absolute Gasteiger partial charge is 0.396 e. The topological polar surface area (TPSA) is 62.7 Å². The molecule has 0 unspecified atom stereocenters. The summed E-state index contributed by atoms with van der Waals surface area (Å²) in [5.74, 6) is -0.337. The number of aromatic nitrogens is 2. The molecule has 0 saturated carbocycles.